The van der Waals surface area contributed by atoms with Gasteiger partial charge in [0.15, 0.2) is 5.78 Å². The van der Waals surface area contributed by atoms with Crippen molar-refractivity contribution in [2.75, 3.05) is 5.73 Å². The Morgan fingerprint density at radius 3 is 2.56 bits per heavy atom. The number of Topliss-reactive ketones (excluding diaryl/α,β-unsaturated/α-hetero) is 1. The Morgan fingerprint density at radius 2 is 2.00 bits per heavy atom. The van der Waals surface area contributed by atoms with Crippen molar-refractivity contribution in [1.29, 1.82) is 0 Å². The first-order valence-electron chi connectivity index (χ1n) is 5.02. The molecule has 2 rings (SSSR count). The minimum Gasteiger partial charge on any atom is -0.399 e. The van der Waals surface area contributed by atoms with Crippen LogP contribution in [0.5, 0.6) is 0 Å². The van der Waals surface area contributed by atoms with E-state index in [4.69, 9.17) is 5.73 Å². The number of carbonyl (C=O) groups excluding carboxylic acids is 1. The quantitative estimate of drug-likeness (QED) is 0.622. The van der Waals surface area contributed by atoms with E-state index in [1.165, 1.54) is 0 Å². The van der Waals surface area contributed by atoms with Crippen LogP contribution in [0.1, 0.15) is 16.1 Å². The lowest BCUT2D eigenvalue weighted by Gasteiger charge is -1.99. The summed E-state index contributed by atoms with van der Waals surface area (Å²) >= 11 is 0. The standard InChI is InChI=1S/C12H13N3O/c1-15-7-6-11(14-15)12(16)8-9-2-4-10(13)5-3-9/h2-7H,8,13H2,1H3. The highest BCUT2D eigenvalue weighted by Gasteiger charge is 2.09. The summed E-state index contributed by atoms with van der Waals surface area (Å²) in [6.45, 7) is 0. The third kappa shape index (κ3) is 2.28. The summed E-state index contributed by atoms with van der Waals surface area (Å²) in [7, 11) is 1.79. The first-order chi connectivity index (χ1) is 7.65. The summed E-state index contributed by atoms with van der Waals surface area (Å²) in [5.41, 5.74) is 7.72. The Kier molecular flexibility index (Phi) is 2.72. The van der Waals surface area contributed by atoms with Crippen LogP contribution in [0.25, 0.3) is 0 Å². The van der Waals surface area contributed by atoms with E-state index >= 15 is 0 Å². The number of nitrogens with zero attached hydrogens (tertiary/aromatic N) is 2. The topological polar surface area (TPSA) is 60.9 Å². The van der Waals surface area contributed by atoms with Crippen molar-refractivity contribution < 1.29 is 4.79 Å². The van der Waals surface area contributed by atoms with Gasteiger partial charge in [-0.05, 0) is 23.8 Å². The molecule has 0 aliphatic heterocycles. The Hall–Kier alpha value is -2.10. The summed E-state index contributed by atoms with van der Waals surface area (Å²) < 4.78 is 1.62. The molecule has 0 spiro atoms. The molecule has 0 saturated heterocycles. The van der Waals surface area contributed by atoms with Gasteiger partial charge in [-0.2, -0.15) is 5.10 Å². The van der Waals surface area contributed by atoms with Gasteiger partial charge in [0.1, 0.15) is 5.69 Å². The second-order valence-electron chi connectivity index (χ2n) is 3.72. The average molecular weight is 215 g/mol. The Morgan fingerprint density at radius 1 is 1.31 bits per heavy atom. The predicted octanol–water partition coefficient (Wildman–Crippen LogP) is 1.43. The largest absolute Gasteiger partial charge is 0.399 e. The molecule has 0 aliphatic carbocycles. The van der Waals surface area contributed by atoms with E-state index in [0.717, 1.165) is 5.56 Å². The molecule has 1 aromatic heterocycles. The molecule has 2 aromatic rings. The number of aryl methyl sites for hydroxylation is 1. The van der Waals surface area contributed by atoms with Crippen molar-refractivity contribution in [2.24, 2.45) is 7.05 Å². The summed E-state index contributed by atoms with van der Waals surface area (Å²) in [5, 5.41) is 4.07. The summed E-state index contributed by atoms with van der Waals surface area (Å²) in [6.07, 6.45) is 2.12. The smallest absolute Gasteiger partial charge is 0.187 e. The van der Waals surface area contributed by atoms with Gasteiger partial charge in [0.2, 0.25) is 0 Å². The highest BCUT2D eigenvalue weighted by Crippen LogP contribution is 2.08. The normalized spacial score (nSPS) is 10.3. The van der Waals surface area contributed by atoms with Crippen LogP contribution in [-0.4, -0.2) is 15.6 Å². The van der Waals surface area contributed by atoms with E-state index in [9.17, 15) is 4.79 Å². The number of nitrogens with two attached hydrogens (primary N) is 1. The molecule has 0 bridgehead atoms. The maximum Gasteiger partial charge on any atom is 0.187 e. The average Bonchev–Trinajstić information content (AvgIpc) is 2.68. The summed E-state index contributed by atoms with van der Waals surface area (Å²) in [5.74, 6) is 0.0189. The molecule has 0 saturated carbocycles. The van der Waals surface area contributed by atoms with Crippen LogP contribution in [0, 0.1) is 0 Å². The van der Waals surface area contributed by atoms with Crippen molar-refractivity contribution in [2.45, 2.75) is 6.42 Å². The van der Waals surface area contributed by atoms with Gasteiger partial charge >= 0.3 is 0 Å². The van der Waals surface area contributed by atoms with E-state index < -0.39 is 0 Å². The molecule has 0 radical (unpaired) electrons. The van der Waals surface area contributed by atoms with Crippen LogP contribution in [0.15, 0.2) is 36.5 Å². The number of ketones is 1. The maximum atomic E-state index is 11.8. The highest BCUT2D eigenvalue weighted by molar-refractivity contribution is 5.95. The Labute approximate surface area is 93.7 Å². The van der Waals surface area contributed by atoms with E-state index in [0.29, 0.717) is 17.8 Å². The number of rotatable bonds is 3. The molecular formula is C12H13N3O. The SMILES string of the molecule is Cn1ccc(C(=O)Cc2ccc(N)cc2)n1. The van der Waals surface area contributed by atoms with Crippen molar-refractivity contribution in [1.82, 2.24) is 9.78 Å². The molecule has 0 amide bonds. The fraction of sp³-hybridized carbons (Fsp3) is 0.167. The summed E-state index contributed by atoms with van der Waals surface area (Å²) in [4.78, 5) is 11.8. The zero-order valence-electron chi connectivity index (χ0n) is 9.05. The van der Waals surface area contributed by atoms with Gasteiger partial charge < -0.3 is 5.73 Å². The molecule has 1 heterocycles. The number of hydrogen-bond donors (Lipinski definition) is 1. The van der Waals surface area contributed by atoms with Crippen LogP contribution < -0.4 is 5.73 Å². The molecule has 4 heteroatoms. The van der Waals surface area contributed by atoms with Crippen LogP contribution in [0.4, 0.5) is 5.69 Å². The lowest BCUT2D eigenvalue weighted by molar-refractivity contribution is 0.0987. The molecule has 0 unspecified atom stereocenters. The monoisotopic (exact) mass is 215 g/mol. The van der Waals surface area contributed by atoms with Crippen molar-refractivity contribution in [3.05, 3.63) is 47.8 Å². The molecular weight excluding hydrogens is 202 g/mol. The molecule has 0 fully saturated rings. The second kappa shape index (κ2) is 4.18. The van der Waals surface area contributed by atoms with Crippen LogP contribution in [0.2, 0.25) is 0 Å². The first kappa shape index (κ1) is 10.4. The van der Waals surface area contributed by atoms with Gasteiger partial charge in [-0.25, -0.2) is 0 Å². The van der Waals surface area contributed by atoms with Crippen molar-refractivity contribution >= 4 is 11.5 Å². The van der Waals surface area contributed by atoms with Gasteiger partial charge in [0.25, 0.3) is 0 Å². The van der Waals surface area contributed by atoms with Gasteiger partial charge in [0.05, 0.1) is 0 Å². The zero-order valence-corrected chi connectivity index (χ0v) is 9.05. The molecule has 4 nitrogen and oxygen atoms in total. The third-order valence-electron chi connectivity index (χ3n) is 2.34. The fourth-order valence-corrected chi connectivity index (χ4v) is 1.48. The van der Waals surface area contributed by atoms with E-state index in [1.54, 1.807) is 36.1 Å². The van der Waals surface area contributed by atoms with Crippen LogP contribution in [0.3, 0.4) is 0 Å². The lowest BCUT2D eigenvalue weighted by Crippen LogP contribution is -2.05. The third-order valence-corrected chi connectivity index (χ3v) is 2.34. The Bertz CT molecular complexity index is 499. The number of benzene rings is 1. The van der Waals surface area contributed by atoms with E-state index in [-0.39, 0.29) is 5.78 Å². The summed E-state index contributed by atoms with van der Waals surface area (Å²) in [6, 6.07) is 9.02. The highest BCUT2D eigenvalue weighted by atomic mass is 16.1. The fourth-order valence-electron chi connectivity index (χ4n) is 1.48. The molecule has 1 aromatic carbocycles. The van der Waals surface area contributed by atoms with E-state index in [1.807, 2.05) is 12.1 Å². The van der Waals surface area contributed by atoms with Gasteiger partial charge in [-0.3, -0.25) is 9.48 Å². The minimum absolute atomic E-state index is 0.0189. The predicted molar refractivity (Wildman–Crippen MR) is 62.1 cm³/mol. The maximum absolute atomic E-state index is 11.8. The second-order valence-corrected chi connectivity index (χ2v) is 3.72. The Balaban J connectivity index is 2.10. The van der Waals surface area contributed by atoms with Gasteiger partial charge in [0, 0.05) is 25.4 Å². The minimum atomic E-state index is 0.0189. The molecule has 0 atom stereocenters. The van der Waals surface area contributed by atoms with Crippen LogP contribution in [-0.2, 0) is 13.5 Å². The molecule has 0 aliphatic rings. The lowest BCUT2D eigenvalue weighted by atomic mass is 10.1. The number of aromatic nitrogens is 2. The molecule has 82 valence electrons. The molecule has 16 heavy (non-hydrogen) atoms. The number of carbonyl (C=O) groups is 1. The molecule has 2 N–H and O–H groups in total. The number of nitrogen functional groups attached to an aromatic ring is 1. The van der Waals surface area contributed by atoms with Crippen molar-refractivity contribution in [3.63, 3.8) is 0 Å². The van der Waals surface area contributed by atoms with Gasteiger partial charge in [-0.15, -0.1) is 0 Å². The number of hydrogen-bond acceptors (Lipinski definition) is 3. The van der Waals surface area contributed by atoms with Gasteiger partial charge in [-0.1, -0.05) is 12.1 Å². The van der Waals surface area contributed by atoms with Crippen molar-refractivity contribution in [3.8, 4) is 0 Å². The van der Waals surface area contributed by atoms with E-state index in [2.05, 4.69) is 5.10 Å². The number of anilines is 1. The first-order valence-corrected chi connectivity index (χ1v) is 5.02. The van der Waals surface area contributed by atoms with Crippen LogP contribution >= 0.6 is 0 Å². The zero-order chi connectivity index (χ0) is 11.5.